The number of carbonyl (C=O) groups excluding carboxylic acids is 3. The van der Waals surface area contributed by atoms with Gasteiger partial charge in [-0.2, -0.15) is 15.3 Å². The highest BCUT2D eigenvalue weighted by molar-refractivity contribution is 7.90. The predicted molar refractivity (Wildman–Crippen MR) is 376 cm³/mol. The molecule has 26 heteroatoms. The number of benzene rings is 4. The van der Waals surface area contributed by atoms with Crippen molar-refractivity contribution in [2.24, 2.45) is 15.0 Å². The topological polar surface area (TPSA) is 257 Å². The Hall–Kier alpha value is -11.0. The fourth-order valence-electron chi connectivity index (χ4n) is 13.3. The van der Waals surface area contributed by atoms with Gasteiger partial charge >= 0.3 is 0 Å². The molecule has 97 heavy (non-hydrogen) atoms. The molecule has 3 N–H and O–H groups in total. The number of pyridine rings is 2. The number of carbonyl (C=O) groups is 3. The van der Waals surface area contributed by atoms with E-state index in [1.165, 1.54) is 17.4 Å². The van der Waals surface area contributed by atoms with Crippen molar-refractivity contribution in [3.8, 4) is 0 Å². The summed E-state index contributed by atoms with van der Waals surface area (Å²) in [7, 11) is 2.03. The number of aliphatic imine (C=N–C) groups is 3. The second-order valence-electron chi connectivity index (χ2n) is 26.8. The van der Waals surface area contributed by atoms with E-state index in [9.17, 15) is 22.8 Å². The van der Waals surface area contributed by atoms with Crippen molar-refractivity contribution in [1.82, 2.24) is 54.0 Å². The molecule has 16 rings (SSSR count). The van der Waals surface area contributed by atoms with Gasteiger partial charge in [-0.25, -0.2) is 37.4 Å². The van der Waals surface area contributed by atoms with Crippen LogP contribution >= 0.6 is 0 Å². The Bertz CT molecular complexity index is 4570. The second-order valence-corrected chi connectivity index (χ2v) is 28.8. The van der Waals surface area contributed by atoms with Gasteiger partial charge in [-0.1, -0.05) is 71.8 Å². The lowest BCUT2D eigenvalue weighted by molar-refractivity contribution is 0.0858. The van der Waals surface area contributed by atoms with E-state index in [2.05, 4.69) is 58.5 Å². The Kier molecular flexibility index (Phi) is 16.1. The van der Waals surface area contributed by atoms with Crippen molar-refractivity contribution in [1.29, 1.82) is 0 Å². The number of hydrogen-bond acceptors (Lipinski definition) is 19. The molecule has 25 nitrogen and oxygen atoms in total. The number of aryl methyl sites for hydroxylation is 2. The van der Waals surface area contributed by atoms with Crippen molar-refractivity contribution in [2.75, 3.05) is 71.1 Å². The van der Waals surface area contributed by atoms with Gasteiger partial charge in [0.1, 0.15) is 34.1 Å². The van der Waals surface area contributed by atoms with Gasteiger partial charge in [0.25, 0.3) is 17.7 Å². The third kappa shape index (κ3) is 12.2. The van der Waals surface area contributed by atoms with E-state index in [1.807, 2.05) is 142 Å². The van der Waals surface area contributed by atoms with Crippen LogP contribution in [-0.2, 0) is 29.5 Å². The molecular weight excluding hydrogens is 1240 g/mol. The lowest BCUT2D eigenvalue weighted by atomic mass is 10.1. The molecule has 5 aromatic heterocycles. The van der Waals surface area contributed by atoms with Crippen LogP contribution in [0.15, 0.2) is 172 Å². The average Bonchev–Trinajstić information content (AvgIpc) is 1.58. The molecular formula is C71H76N20O5S. The van der Waals surface area contributed by atoms with Gasteiger partial charge < -0.3 is 16.0 Å². The Labute approximate surface area is 562 Å². The van der Waals surface area contributed by atoms with Crippen molar-refractivity contribution < 1.29 is 22.8 Å². The van der Waals surface area contributed by atoms with Gasteiger partial charge in [0.05, 0.1) is 60.8 Å². The van der Waals surface area contributed by atoms with E-state index >= 15 is 0 Å². The Morgan fingerprint density at radius 1 is 0.495 bits per heavy atom. The number of amides is 3. The number of para-hydroxylation sites is 1. The van der Waals surface area contributed by atoms with Crippen LogP contribution in [0.1, 0.15) is 106 Å². The van der Waals surface area contributed by atoms with E-state index in [4.69, 9.17) is 30.3 Å². The molecule has 7 aliphatic rings. The first kappa shape index (κ1) is 63.4. The summed E-state index contributed by atoms with van der Waals surface area (Å²) in [4.78, 5) is 74.5. The van der Waals surface area contributed by atoms with Crippen molar-refractivity contribution in [2.45, 2.75) is 108 Å². The number of rotatable bonds is 13. The maximum atomic E-state index is 13.6. The summed E-state index contributed by atoms with van der Waals surface area (Å²) in [6.07, 6.45) is 11.4. The molecule has 3 amide bonds. The summed E-state index contributed by atoms with van der Waals surface area (Å²) >= 11 is 0. The Balaban J connectivity index is 0.000000125. The fourth-order valence-corrected chi connectivity index (χ4v) is 13.9. The molecule has 0 spiro atoms. The number of hydrogen-bond donors (Lipinski definition) is 3. The van der Waals surface area contributed by atoms with Gasteiger partial charge in [-0.15, -0.1) is 0 Å². The highest BCUT2D eigenvalue weighted by Crippen LogP contribution is 2.45. The molecule has 0 bridgehead atoms. The molecule has 4 aromatic carbocycles. The summed E-state index contributed by atoms with van der Waals surface area (Å²) in [5.74, 6) is 5.48. The number of sulfone groups is 1. The zero-order valence-corrected chi connectivity index (χ0v) is 56.6. The van der Waals surface area contributed by atoms with Gasteiger partial charge in [0.2, 0.25) is 17.9 Å². The molecule has 1 aliphatic carbocycles. The minimum Gasteiger partial charge on any atom is -0.340 e. The summed E-state index contributed by atoms with van der Waals surface area (Å²) in [6, 6.07) is 40.9. The molecule has 2 atom stereocenters. The maximum absolute atomic E-state index is 13.6. The molecule has 6 aliphatic heterocycles. The fraction of sp³-hybridized carbons (Fsp3) is 0.310. The normalized spacial score (nSPS) is 18.3. The third-order valence-corrected chi connectivity index (χ3v) is 19.3. The van der Waals surface area contributed by atoms with E-state index in [0.29, 0.717) is 102 Å². The summed E-state index contributed by atoms with van der Waals surface area (Å²) in [5, 5.41) is 25.0. The SMILES string of the molecule is CN1C(=O)c2c(nn(Cc3ccc(S(C)(=O)=O)cc3)c2Nc2ccccc2)N2C1=N[C@@H]1CCC[C@@H]12.Cc1ccc(Nc2c3c(nn2Cc2cccnc2)N2CC(C)(C)N=C2N(C)C3=O)cc1.Cc1ccc(Nc2c3c(nn2Cc2ccncc2)N2CC(C)(C)N=C2N(C)C3=O)cc1. The van der Waals surface area contributed by atoms with E-state index in [1.54, 1.807) is 83.4 Å². The highest BCUT2D eigenvalue weighted by atomic mass is 32.2. The van der Waals surface area contributed by atoms with E-state index in [-0.39, 0.29) is 45.8 Å². The second kappa shape index (κ2) is 24.6. The first-order valence-corrected chi connectivity index (χ1v) is 34.2. The van der Waals surface area contributed by atoms with Gasteiger partial charge in [-0.3, -0.25) is 53.8 Å². The van der Waals surface area contributed by atoms with Crippen LogP contribution in [0.2, 0.25) is 0 Å². The van der Waals surface area contributed by atoms with Crippen LogP contribution in [0.4, 0.5) is 52.0 Å². The molecule has 1 saturated carbocycles. The average molecular weight is 1320 g/mol. The summed E-state index contributed by atoms with van der Waals surface area (Å²) < 4.78 is 29.2. The van der Waals surface area contributed by atoms with Gasteiger partial charge in [-0.05, 0) is 144 Å². The smallest absolute Gasteiger partial charge is 0.267 e. The lowest BCUT2D eigenvalue weighted by Crippen LogP contribution is -2.51. The molecule has 496 valence electrons. The molecule has 0 saturated heterocycles. The number of anilines is 9. The van der Waals surface area contributed by atoms with Crippen LogP contribution in [0.3, 0.4) is 0 Å². The zero-order valence-electron chi connectivity index (χ0n) is 55.8. The monoisotopic (exact) mass is 1320 g/mol. The van der Waals surface area contributed by atoms with Crippen molar-refractivity contribution in [3.63, 3.8) is 0 Å². The molecule has 1 fully saturated rings. The van der Waals surface area contributed by atoms with Gasteiger partial charge in [0, 0.05) is 69.2 Å². The Morgan fingerprint density at radius 2 is 0.948 bits per heavy atom. The first-order valence-electron chi connectivity index (χ1n) is 32.3. The van der Waals surface area contributed by atoms with E-state index < -0.39 is 9.84 Å². The van der Waals surface area contributed by atoms with Crippen LogP contribution in [0.25, 0.3) is 0 Å². The van der Waals surface area contributed by atoms with Crippen LogP contribution < -0.4 is 30.7 Å². The predicted octanol–water partition coefficient (Wildman–Crippen LogP) is 10.1. The zero-order chi connectivity index (χ0) is 67.8. The minimum absolute atomic E-state index is 0.113. The number of nitrogens with zero attached hydrogens (tertiary/aromatic N) is 17. The number of aromatic nitrogens is 8. The lowest BCUT2D eigenvalue weighted by Gasteiger charge is -2.34. The highest BCUT2D eigenvalue weighted by Gasteiger charge is 2.51. The summed E-state index contributed by atoms with van der Waals surface area (Å²) in [6.45, 7) is 15.1. The van der Waals surface area contributed by atoms with Crippen LogP contribution in [0, 0.1) is 13.8 Å². The van der Waals surface area contributed by atoms with Crippen molar-refractivity contribution in [3.05, 3.63) is 197 Å². The number of guanidine groups is 3. The summed E-state index contributed by atoms with van der Waals surface area (Å²) in [5.41, 5.74) is 9.01. The molecule has 11 heterocycles. The molecule has 0 radical (unpaired) electrons. The first-order chi connectivity index (χ1) is 46.5. The van der Waals surface area contributed by atoms with Gasteiger partial charge in [0.15, 0.2) is 27.3 Å². The molecule has 0 unspecified atom stereocenters. The third-order valence-electron chi connectivity index (χ3n) is 18.1. The number of nitrogens with one attached hydrogen (secondary N) is 3. The van der Waals surface area contributed by atoms with Crippen LogP contribution in [-0.4, -0.2) is 162 Å². The van der Waals surface area contributed by atoms with E-state index in [0.717, 1.165) is 53.0 Å². The molecule has 9 aromatic rings. The van der Waals surface area contributed by atoms with Crippen molar-refractivity contribution >= 4 is 97.4 Å². The maximum Gasteiger partial charge on any atom is 0.267 e. The largest absolute Gasteiger partial charge is 0.340 e. The number of fused-ring (bicyclic) bond motifs is 11. The van der Waals surface area contributed by atoms with Crippen LogP contribution in [0.5, 0.6) is 0 Å². The Morgan fingerprint density at radius 3 is 1.43 bits per heavy atom. The minimum atomic E-state index is -3.28. The standard InChI is InChI=1S/C25H26N6O3S.2C23H25N7O/c1-29-24(32)21-22(26-17-7-4-3-5-8-17)30(15-16-11-13-18(14-12-16)35(2,33)34)28-23(21)31-20-10-6-9-19(20)27-25(29)31;1-15-5-7-17(8-6-15)25-19-18-20(27-30(19)13-16-9-11-24-12-10-16)29-14-23(2,3)26-22(29)28(4)21(18)31;1-15-7-9-17(10-8-15)25-19-18-20(27-30(19)13-16-6-5-11-24-12-16)29-14-23(2,3)26-22(29)28(4)21(18)31/h3-5,7-8,11-14,19-20,26H,6,9-10,15H2,1-2H3;2*5-12,25H,13-14H2,1-4H3/t19-,20+;;/m1../s1. The quantitative estimate of drug-likeness (QED) is 0.0970.